The predicted molar refractivity (Wildman–Crippen MR) is 125 cm³/mol. The zero-order chi connectivity index (χ0) is 21.9. The van der Waals surface area contributed by atoms with Crippen molar-refractivity contribution in [2.75, 3.05) is 10.6 Å². The first kappa shape index (κ1) is 23.3. The molecule has 6 nitrogen and oxygen atoms in total. The highest BCUT2D eigenvalue weighted by atomic mass is 32.1. The van der Waals surface area contributed by atoms with Crippen molar-refractivity contribution in [1.29, 1.82) is 0 Å². The molecule has 0 spiro atoms. The van der Waals surface area contributed by atoms with Crippen LogP contribution in [0.25, 0.3) is 0 Å². The van der Waals surface area contributed by atoms with Crippen LogP contribution in [0.5, 0.6) is 5.75 Å². The predicted octanol–water partition coefficient (Wildman–Crippen LogP) is 5.12. The fraction of sp³-hybridized carbons (Fsp3) is 0.348. The molecule has 160 valence electrons. The summed E-state index contributed by atoms with van der Waals surface area (Å²) in [4.78, 5) is 24.4. The van der Waals surface area contributed by atoms with Crippen molar-refractivity contribution in [3.05, 3.63) is 54.1 Å². The molecule has 0 fully saturated rings. The molecule has 2 amide bonds. The van der Waals surface area contributed by atoms with Gasteiger partial charge in [-0.3, -0.25) is 14.9 Å². The molecule has 0 bridgehead atoms. The lowest BCUT2D eigenvalue weighted by Crippen LogP contribution is -2.34. The Kier molecular flexibility index (Phi) is 9.28. The summed E-state index contributed by atoms with van der Waals surface area (Å²) in [6.07, 6.45) is 3.25. The van der Waals surface area contributed by atoms with E-state index in [4.69, 9.17) is 17.0 Å². The molecule has 1 atom stereocenters. The van der Waals surface area contributed by atoms with Crippen molar-refractivity contribution in [2.45, 2.75) is 52.6 Å². The highest BCUT2D eigenvalue weighted by Gasteiger charge is 2.11. The molecular weight excluding hydrogens is 398 g/mol. The number of amides is 2. The van der Waals surface area contributed by atoms with E-state index in [1.165, 1.54) is 0 Å². The Balaban J connectivity index is 1.94. The second-order valence-electron chi connectivity index (χ2n) is 7.01. The first-order valence-electron chi connectivity index (χ1n) is 10.2. The number of carbonyl (C=O) groups is 2. The summed E-state index contributed by atoms with van der Waals surface area (Å²) in [6, 6.07) is 14.2. The van der Waals surface area contributed by atoms with Gasteiger partial charge in [0.25, 0.3) is 5.91 Å². The van der Waals surface area contributed by atoms with Crippen molar-refractivity contribution >= 4 is 40.5 Å². The lowest BCUT2D eigenvalue weighted by Gasteiger charge is -2.14. The number of carbonyl (C=O) groups excluding carboxylic acids is 2. The molecule has 0 aromatic heterocycles. The zero-order valence-corrected chi connectivity index (χ0v) is 18.5. The molecule has 0 aliphatic carbocycles. The van der Waals surface area contributed by atoms with Crippen molar-refractivity contribution in [3.8, 4) is 5.75 Å². The second kappa shape index (κ2) is 11.9. The molecular formula is C23H29N3O3S. The van der Waals surface area contributed by atoms with E-state index in [-0.39, 0.29) is 23.0 Å². The van der Waals surface area contributed by atoms with Crippen LogP contribution in [0, 0.1) is 0 Å². The number of hydrogen-bond donors (Lipinski definition) is 3. The molecule has 3 N–H and O–H groups in total. The Morgan fingerprint density at radius 3 is 2.43 bits per heavy atom. The van der Waals surface area contributed by atoms with E-state index in [1.807, 2.05) is 26.8 Å². The first-order valence-corrected chi connectivity index (χ1v) is 10.6. The number of nitrogens with one attached hydrogen (secondary N) is 3. The minimum absolute atomic E-state index is 0.0237. The van der Waals surface area contributed by atoms with Crippen LogP contribution < -0.4 is 20.7 Å². The molecule has 0 saturated carbocycles. The van der Waals surface area contributed by atoms with Gasteiger partial charge in [-0.25, -0.2) is 0 Å². The van der Waals surface area contributed by atoms with E-state index in [0.29, 0.717) is 29.1 Å². The molecule has 2 aromatic rings. The minimum Gasteiger partial charge on any atom is -0.491 e. The van der Waals surface area contributed by atoms with E-state index in [0.717, 1.165) is 19.3 Å². The lowest BCUT2D eigenvalue weighted by atomic mass is 10.2. The van der Waals surface area contributed by atoms with Crippen LogP contribution in [0.15, 0.2) is 48.5 Å². The number of benzene rings is 2. The average Bonchev–Trinajstić information content (AvgIpc) is 2.72. The minimum atomic E-state index is -0.328. The van der Waals surface area contributed by atoms with Crippen LogP contribution in [0.3, 0.4) is 0 Å². The summed E-state index contributed by atoms with van der Waals surface area (Å²) < 4.78 is 5.76. The van der Waals surface area contributed by atoms with Crippen LogP contribution in [0.2, 0.25) is 0 Å². The summed E-state index contributed by atoms with van der Waals surface area (Å²) in [5.41, 5.74) is 1.80. The maximum atomic E-state index is 12.5. The van der Waals surface area contributed by atoms with E-state index < -0.39 is 0 Å². The van der Waals surface area contributed by atoms with E-state index in [1.54, 1.807) is 42.5 Å². The number of thiocarbonyl (C=S) groups is 1. The average molecular weight is 428 g/mol. The molecule has 0 aliphatic heterocycles. The number of hydrogen-bond acceptors (Lipinski definition) is 4. The van der Waals surface area contributed by atoms with Crippen LogP contribution in [-0.4, -0.2) is 23.0 Å². The SMILES string of the molecule is CCCCC(=O)Nc1cccc(NC(=S)NC(=O)c2cccc(OC(C)CC)c2)c1. The van der Waals surface area contributed by atoms with Gasteiger partial charge < -0.3 is 15.4 Å². The third kappa shape index (κ3) is 7.83. The van der Waals surface area contributed by atoms with E-state index >= 15 is 0 Å². The summed E-state index contributed by atoms with van der Waals surface area (Å²) in [6.45, 7) is 6.06. The highest BCUT2D eigenvalue weighted by Crippen LogP contribution is 2.17. The quantitative estimate of drug-likeness (QED) is 0.484. The molecule has 2 rings (SSSR count). The maximum Gasteiger partial charge on any atom is 0.257 e. The molecule has 0 aliphatic rings. The number of anilines is 2. The van der Waals surface area contributed by atoms with Gasteiger partial charge in [0.05, 0.1) is 6.10 Å². The van der Waals surface area contributed by atoms with Crippen LogP contribution >= 0.6 is 12.2 Å². The molecule has 7 heteroatoms. The Labute approximate surface area is 183 Å². The molecule has 0 radical (unpaired) electrons. The number of ether oxygens (including phenoxy) is 1. The summed E-state index contributed by atoms with van der Waals surface area (Å²) in [7, 11) is 0. The largest absolute Gasteiger partial charge is 0.491 e. The zero-order valence-electron chi connectivity index (χ0n) is 17.7. The van der Waals surface area contributed by atoms with Gasteiger partial charge in [0.15, 0.2) is 5.11 Å². The summed E-state index contributed by atoms with van der Waals surface area (Å²) in [5, 5.41) is 8.67. The Hall–Kier alpha value is -2.93. The fourth-order valence-electron chi connectivity index (χ4n) is 2.60. The van der Waals surface area contributed by atoms with Gasteiger partial charge in [0.2, 0.25) is 5.91 Å². The number of unbranched alkanes of at least 4 members (excludes halogenated alkanes) is 1. The summed E-state index contributed by atoms with van der Waals surface area (Å²) >= 11 is 5.26. The third-order valence-electron chi connectivity index (χ3n) is 4.40. The Bertz CT molecular complexity index is 886. The molecule has 1 unspecified atom stereocenters. The van der Waals surface area contributed by atoms with E-state index in [9.17, 15) is 9.59 Å². The van der Waals surface area contributed by atoms with Gasteiger partial charge in [-0.1, -0.05) is 32.4 Å². The second-order valence-corrected chi connectivity index (χ2v) is 7.41. The summed E-state index contributed by atoms with van der Waals surface area (Å²) in [5.74, 6) is 0.290. The smallest absolute Gasteiger partial charge is 0.257 e. The third-order valence-corrected chi connectivity index (χ3v) is 4.60. The normalized spacial score (nSPS) is 11.3. The van der Waals surface area contributed by atoms with Gasteiger partial charge >= 0.3 is 0 Å². The van der Waals surface area contributed by atoms with Crippen molar-refractivity contribution < 1.29 is 14.3 Å². The molecule has 2 aromatic carbocycles. The van der Waals surface area contributed by atoms with Gasteiger partial charge in [-0.15, -0.1) is 0 Å². The highest BCUT2D eigenvalue weighted by molar-refractivity contribution is 7.80. The van der Waals surface area contributed by atoms with Crippen molar-refractivity contribution in [2.24, 2.45) is 0 Å². The lowest BCUT2D eigenvalue weighted by molar-refractivity contribution is -0.116. The topological polar surface area (TPSA) is 79.5 Å². The molecule has 0 heterocycles. The standard InChI is InChI=1S/C23H29N3O3S/c1-4-6-13-21(27)24-18-10-8-11-19(15-18)25-23(30)26-22(28)17-9-7-12-20(14-17)29-16(3)5-2/h7-12,14-16H,4-6,13H2,1-3H3,(H,24,27)(H2,25,26,28,30). The monoisotopic (exact) mass is 427 g/mol. The van der Waals surface area contributed by atoms with Crippen molar-refractivity contribution in [3.63, 3.8) is 0 Å². The Morgan fingerprint density at radius 2 is 1.73 bits per heavy atom. The van der Waals surface area contributed by atoms with Gasteiger partial charge in [-0.2, -0.15) is 0 Å². The van der Waals surface area contributed by atoms with Crippen LogP contribution in [-0.2, 0) is 4.79 Å². The maximum absolute atomic E-state index is 12.5. The van der Waals surface area contributed by atoms with Crippen molar-refractivity contribution in [1.82, 2.24) is 5.32 Å². The van der Waals surface area contributed by atoms with Crippen LogP contribution in [0.4, 0.5) is 11.4 Å². The van der Waals surface area contributed by atoms with Gasteiger partial charge in [0, 0.05) is 23.4 Å². The first-order chi connectivity index (χ1) is 14.4. The number of rotatable bonds is 9. The fourth-order valence-corrected chi connectivity index (χ4v) is 2.81. The van der Waals surface area contributed by atoms with Gasteiger partial charge in [-0.05, 0) is 68.4 Å². The molecule has 0 saturated heterocycles. The molecule has 30 heavy (non-hydrogen) atoms. The Morgan fingerprint density at radius 1 is 1.03 bits per heavy atom. The van der Waals surface area contributed by atoms with Crippen LogP contribution in [0.1, 0.15) is 56.8 Å². The van der Waals surface area contributed by atoms with E-state index in [2.05, 4.69) is 16.0 Å². The van der Waals surface area contributed by atoms with Gasteiger partial charge in [0.1, 0.15) is 5.75 Å².